The van der Waals surface area contributed by atoms with Crippen molar-refractivity contribution in [2.45, 2.75) is 38.5 Å². The van der Waals surface area contributed by atoms with Gasteiger partial charge in [0.25, 0.3) is 0 Å². The lowest BCUT2D eigenvalue weighted by atomic mass is 9.76. The summed E-state index contributed by atoms with van der Waals surface area (Å²) in [6, 6.07) is 69.2. The zero-order valence-corrected chi connectivity index (χ0v) is 31.8. The van der Waals surface area contributed by atoms with E-state index in [1.807, 2.05) is 0 Å². The lowest BCUT2D eigenvalue weighted by Crippen LogP contribution is -2.19. The highest BCUT2D eigenvalue weighted by atomic mass is 15.1. The van der Waals surface area contributed by atoms with Crippen LogP contribution in [0, 0.1) is 0 Å². The van der Waals surface area contributed by atoms with E-state index in [1.54, 1.807) is 0 Å². The van der Waals surface area contributed by atoms with Crippen molar-refractivity contribution in [3.8, 4) is 55.6 Å². The molecule has 1 heteroatoms. The van der Waals surface area contributed by atoms with Gasteiger partial charge in [-0.1, -0.05) is 179 Å². The third-order valence-electron chi connectivity index (χ3n) is 12.3. The molecule has 0 saturated carbocycles. The molecule has 0 bridgehead atoms. The predicted octanol–water partition coefficient (Wildman–Crippen LogP) is 14.8. The zero-order valence-electron chi connectivity index (χ0n) is 31.8. The lowest BCUT2D eigenvalue weighted by Gasteiger charge is -2.28. The molecule has 0 spiro atoms. The highest BCUT2D eigenvalue weighted by Crippen LogP contribution is 2.61. The third kappa shape index (κ3) is 5.22. The van der Waals surface area contributed by atoms with Crippen LogP contribution >= 0.6 is 0 Å². The molecule has 8 aromatic carbocycles. The second kappa shape index (κ2) is 12.6. The van der Waals surface area contributed by atoms with Crippen LogP contribution in [-0.2, 0) is 10.8 Å². The van der Waals surface area contributed by atoms with Crippen LogP contribution in [0.1, 0.15) is 49.9 Å². The second-order valence-electron chi connectivity index (χ2n) is 16.1. The Morgan fingerprint density at radius 2 is 0.691 bits per heavy atom. The summed E-state index contributed by atoms with van der Waals surface area (Å²) in [5.74, 6) is 0. The van der Waals surface area contributed by atoms with Gasteiger partial charge in [0.1, 0.15) is 0 Å². The van der Waals surface area contributed by atoms with E-state index in [2.05, 4.69) is 221 Å². The lowest BCUT2D eigenvalue weighted by molar-refractivity contribution is 0.639. The molecule has 0 N–H and O–H groups in total. The Morgan fingerprint density at radius 3 is 1.22 bits per heavy atom. The first-order valence-corrected chi connectivity index (χ1v) is 19.4. The smallest absolute Gasteiger partial charge is 0.0468 e. The number of nitrogens with zero attached hydrogens (tertiary/aromatic N) is 1. The fourth-order valence-corrected chi connectivity index (χ4v) is 9.40. The van der Waals surface area contributed by atoms with Crippen molar-refractivity contribution in [2.75, 3.05) is 4.90 Å². The van der Waals surface area contributed by atoms with Crippen molar-refractivity contribution in [3.63, 3.8) is 0 Å². The molecule has 8 aromatic rings. The number of rotatable bonds is 6. The minimum atomic E-state index is -0.174. The van der Waals surface area contributed by atoms with Crippen molar-refractivity contribution in [1.82, 2.24) is 0 Å². The SMILES string of the molecule is CC1(C)c2ccccc2-c2c1cc1c(c2-c2ccccc2)-c2cc(N(c3ccc(-c4ccccc4)cc3)c3ccc(-c4ccccc4)cc3)ccc2C1(C)C. The average Bonchev–Trinajstić information content (AvgIpc) is 3.61. The topological polar surface area (TPSA) is 3.24 Å². The zero-order chi connectivity index (χ0) is 37.3. The van der Waals surface area contributed by atoms with Crippen LogP contribution < -0.4 is 4.90 Å². The maximum atomic E-state index is 2.55. The molecule has 0 fully saturated rings. The first kappa shape index (κ1) is 33.2. The molecule has 264 valence electrons. The van der Waals surface area contributed by atoms with Gasteiger partial charge in [0.05, 0.1) is 0 Å². The van der Waals surface area contributed by atoms with Gasteiger partial charge in [-0.05, 0) is 114 Å². The minimum absolute atomic E-state index is 0.102. The molecule has 2 aliphatic carbocycles. The van der Waals surface area contributed by atoms with E-state index in [-0.39, 0.29) is 10.8 Å². The third-order valence-corrected chi connectivity index (χ3v) is 12.3. The van der Waals surface area contributed by atoms with Gasteiger partial charge in [0, 0.05) is 27.9 Å². The number of hydrogen-bond donors (Lipinski definition) is 0. The predicted molar refractivity (Wildman–Crippen MR) is 233 cm³/mol. The van der Waals surface area contributed by atoms with Crippen molar-refractivity contribution in [1.29, 1.82) is 0 Å². The molecule has 0 unspecified atom stereocenters. The van der Waals surface area contributed by atoms with Gasteiger partial charge in [0.2, 0.25) is 0 Å². The van der Waals surface area contributed by atoms with Crippen molar-refractivity contribution in [2.24, 2.45) is 0 Å². The van der Waals surface area contributed by atoms with E-state index in [1.165, 1.54) is 77.9 Å². The van der Waals surface area contributed by atoms with Gasteiger partial charge in [-0.25, -0.2) is 0 Å². The summed E-state index contributed by atoms with van der Waals surface area (Å²) in [6.45, 7) is 9.62. The van der Waals surface area contributed by atoms with E-state index in [0.717, 1.165) is 17.1 Å². The molecule has 1 nitrogen and oxygen atoms in total. The van der Waals surface area contributed by atoms with Crippen molar-refractivity contribution < 1.29 is 0 Å². The Hall–Kier alpha value is -6.44. The molecule has 55 heavy (non-hydrogen) atoms. The van der Waals surface area contributed by atoms with E-state index in [4.69, 9.17) is 0 Å². The van der Waals surface area contributed by atoms with E-state index < -0.39 is 0 Å². The van der Waals surface area contributed by atoms with Crippen LogP contribution in [0.4, 0.5) is 17.1 Å². The Kier molecular flexibility index (Phi) is 7.58. The van der Waals surface area contributed by atoms with E-state index in [9.17, 15) is 0 Å². The number of benzene rings is 8. The van der Waals surface area contributed by atoms with Gasteiger partial charge in [-0.15, -0.1) is 0 Å². The monoisotopic (exact) mass is 705 g/mol. The minimum Gasteiger partial charge on any atom is -0.310 e. The Balaban J connectivity index is 1.19. The Bertz CT molecular complexity index is 2620. The van der Waals surface area contributed by atoms with Gasteiger partial charge < -0.3 is 4.90 Å². The van der Waals surface area contributed by atoms with Crippen LogP contribution in [0.15, 0.2) is 188 Å². The van der Waals surface area contributed by atoms with Crippen LogP contribution in [0.3, 0.4) is 0 Å². The molecule has 0 saturated heterocycles. The summed E-state index contributed by atoms with van der Waals surface area (Å²) in [5, 5.41) is 0. The molecule has 0 atom stereocenters. The fourth-order valence-electron chi connectivity index (χ4n) is 9.40. The summed E-state index contributed by atoms with van der Waals surface area (Å²) in [4.78, 5) is 2.42. The molecule has 2 aliphatic rings. The molecular weight excluding hydrogens is 663 g/mol. The maximum absolute atomic E-state index is 2.55. The number of fused-ring (bicyclic) bond motifs is 6. The van der Waals surface area contributed by atoms with E-state index in [0.29, 0.717) is 0 Å². The van der Waals surface area contributed by atoms with Crippen LogP contribution in [0.5, 0.6) is 0 Å². The summed E-state index contributed by atoms with van der Waals surface area (Å²) in [7, 11) is 0. The highest BCUT2D eigenvalue weighted by molar-refractivity contribution is 6.04. The largest absolute Gasteiger partial charge is 0.310 e. The normalized spacial score (nSPS) is 14.1. The second-order valence-corrected chi connectivity index (χ2v) is 16.1. The summed E-state index contributed by atoms with van der Waals surface area (Å²) in [6.07, 6.45) is 0. The average molecular weight is 706 g/mol. The summed E-state index contributed by atoms with van der Waals surface area (Å²) >= 11 is 0. The van der Waals surface area contributed by atoms with Crippen molar-refractivity contribution >= 4 is 17.1 Å². The van der Waals surface area contributed by atoms with Crippen molar-refractivity contribution in [3.05, 3.63) is 210 Å². The maximum Gasteiger partial charge on any atom is 0.0468 e. The molecule has 0 aromatic heterocycles. The molecule has 0 heterocycles. The molecule has 0 amide bonds. The number of hydrogen-bond acceptors (Lipinski definition) is 1. The van der Waals surface area contributed by atoms with Gasteiger partial charge in [-0.3, -0.25) is 0 Å². The Labute approximate surface area is 325 Å². The van der Waals surface area contributed by atoms with Crippen LogP contribution in [0.25, 0.3) is 55.6 Å². The van der Waals surface area contributed by atoms with Gasteiger partial charge in [0.15, 0.2) is 0 Å². The van der Waals surface area contributed by atoms with Gasteiger partial charge in [-0.2, -0.15) is 0 Å². The number of anilines is 3. The van der Waals surface area contributed by atoms with E-state index >= 15 is 0 Å². The quantitative estimate of drug-likeness (QED) is 0.166. The molecule has 0 aliphatic heterocycles. The molecule has 0 radical (unpaired) electrons. The Morgan fingerprint density at radius 1 is 0.291 bits per heavy atom. The highest BCUT2D eigenvalue weighted by Gasteiger charge is 2.44. The molecule has 10 rings (SSSR count). The first-order valence-electron chi connectivity index (χ1n) is 19.4. The van der Waals surface area contributed by atoms with Gasteiger partial charge >= 0.3 is 0 Å². The van der Waals surface area contributed by atoms with Crippen LogP contribution in [0.2, 0.25) is 0 Å². The van der Waals surface area contributed by atoms with Crippen LogP contribution in [-0.4, -0.2) is 0 Å². The fraction of sp³-hybridized carbons (Fsp3) is 0.111. The summed E-state index contributed by atoms with van der Waals surface area (Å²) in [5.41, 5.74) is 21.6. The standard InChI is InChI=1S/C54H43N/c1-53(2)46-23-15-14-22-44(46)51-48(53)35-49-52(50(51)40-20-12-7-13-21-40)45-34-43(32-33-47(45)54(49,3)4)55(41-28-24-38(25-29-41)36-16-8-5-9-17-36)42-30-26-39(27-31-42)37-18-10-6-11-19-37/h5-35H,1-4H3. The molecular formula is C54H43N. The first-order chi connectivity index (χ1) is 26.8. The summed E-state index contributed by atoms with van der Waals surface area (Å²) < 4.78 is 0.